The van der Waals surface area contributed by atoms with E-state index >= 15 is 0 Å². The molecule has 0 aliphatic rings. The fourth-order valence-electron chi connectivity index (χ4n) is 2.69. The van der Waals surface area contributed by atoms with Crippen LogP contribution in [0, 0.1) is 5.82 Å². The minimum Gasteiger partial charge on any atom is -0.453 e. The second kappa shape index (κ2) is 8.29. The minimum atomic E-state index is -0.504. The quantitative estimate of drug-likeness (QED) is 0.333. The SMILES string of the molecule is Cn1c(SCC(=O)Nc2ccc(Br)cc2F)nnc1-c1cc2cc(Br)ccc2o1. The smallest absolute Gasteiger partial charge is 0.234 e. The summed E-state index contributed by atoms with van der Waals surface area (Å²) >= 11 is 7.83. The van der Waals surface area contributed by atoms with Crippen molar-refractivity contribution in [1.29, 1.82) is 0 Å². The summed E-state index contributed by atoms with van der Waals surface area (Å²) in [5, 5.41) is 12.4. The second-order valence-electron chi connectivity index (χ2n) is 6.12. The van der Waals surface area contributed by atoms with Gasteiger partial charge in [-0.3, -0.25) is 4.79 Å². The Morgan fingerprint density at radius 3 is 2.72 bits per heavy atom. The summed E-state index contributed by atoms with van der Waals surface area (Å²) in [5.74, 6) is 0.360. The molecule has 0 saturated heterocycles. The van der Waals surface area contributed by atoms with Crippen molar-refractivity contribution in [3.63, 3.8) is 0 Å². The molecule has 29 heavy (non-hydrogen) atoms. The maximum atomic E-state index is 13.9. The van der Waals surface area contributed by atoms with Gasteiger partial charge in [0.2, 0.25) is 5.91 Å². The lowest BCUT2D eigenvalue weighted by Crippen LogP contribution is -2.15. The van der Waals surface area contributed by atoms with Gasteiger partial charge in [-0.1, -0.05) is 43.6 Å². The van der Waals surface area contributed by atoms with Crippen molar-refractivity contribution in [1.82, 2.24) is 14.8 Å². The molecule has 4 aromatic rings. The number of nitrogens with one attached hydrogen (secondary N) is 1. The molecule has 0 saturated carbocycles. The van der Waals surface area contributed by atoms with Crippen LogP contribution in [0.3, 0.4) is 0 Å². The number of amides is 1. The highest BCUT2D eigenvalue weighted by Gasteiger charge is 2.17. The first kappa shape index (κ1) is 20.1. The molecule has 0 unspecified atom stereocenters. The number of aromatic nitrogens is 3. The third-order valence-corrected chi connectivity index (χ3v) is 6.08. The van der Waals surface area contributed by atoms with Crippen molar-refractivity contribution in [2.24, 2.45) is 7.05 Å². The van der Waals surface area contributed by atoms with E-state index in [1.807, 2.05) is 24.3 Å². The van der Waals surface area contributed by atoms with Crippen molar-refractivity contribution in [3.8, 4) is 11.6 Å². The minimum absolute atomic E-state index is 0.0640. The number of thioether (sulfide) groups is 1. The lowest BCUT2D eigenvalue weighted by atomic mass is 10.2. The van der Waals surface area contributed by atoms with E-state index in [9.17, 15) is 9.18 Å². The van der Waals surface area contributed by atoms with Crippen molar-refractivity contribution < 1.29 is 13.6 Å². The molecule has 4 rings (SSSR count). The molecule has 2 aromatic carbocycles. The van der Waals surface area contributed by atoms with Gasteiger partial charge in [-0.15, -0.1) is 10.2 Å². The molecule has 148 valence electrons. The molecule has 2 aromatic heterocycles. The lowest BCUT2D eigenvalue weighted by Gasteiger charge is -2.06. The molecule has 0 aliphatic heterocycles. The van der Waals surface area contributed by atoms with Crippen LogP contribution in [-0.4, -0.2) is 26.4 Å². The number of carbonyl (C=O) groups excluding carboxylic acids is 1. The zero-order valence-corrected chi connectivity index (χ0v) is 18.9. The lowest BCUT2D eigenvalue weighted by molar-refractivity contribution is -0.113. The van der Waals surface area contributed by atoms with Crippen LogP contribution in [-0.2, 0) is 11.8 Å². The van der Waals surface area contributed by atoms with Crippen LogP contribution in [0.25, 0.3) is 22.6 Å². The summed E-state index contributed by atoms with van der Waals surface area (Å²) in [7, 11) is 1.80. The summed E-state index contributed by atoms with van der Waals surface area (Å²) in [6.07, 6.45) is 0. The molecule has 0 fully saturated rings. The Hall–Kier alpha value is -2.17. The number of hydrogen-bond acceptors (Lipinski definition) is 5. The number of halogens is 3. The van der Waals surface area contributed by atoms with E-state index < -0.39 is 5.82 Å². The number of anilines is 1. The summed E-state index contributed by atoms with van der Waals surface area (Å²) in [6.45, 7) is 0. The Morgan fingerprint density at radius 2 is 1.93 bits per heavy atom. The van der Waals surface area contributed by atoms with Crippen LogP contribution < -0.4 is 5.32 Å². The van der Waals surface area contributed by atoms with Crippen LogP contribution in [0.2, 0.25) is 0 Å². The molecule has 0 radical (unpaired) electrons. The average Bonchev–Trinajstić information content (AvgIpc) is 3.25. The van der Waals surface area contributed by atoms with Crippen molar-refractivity contribution in [3.05, 3.63) is 57.2 Å². The summed E-state index contributed by atoms with van der Waals surface area (Å²) in [4.78, 5) is 12.2. The normalized spacial score (nSPS) is 11.2. The van der Waals surface area contributed by atoms with E-state index in [0.717, 1.165) is 15.4 Å². The molecule has 1 N–H and O–H groups in total. The zero-order chi connectivity index (χ0) is 20.5. The Labute approximate surface area is 186 Å². The Balaban J connectivity index is 1.46. The van der Waals surface area contributed by atoms with E-state index in [2.05, 4.69) is 47.4 Å². The van der Waals surface area contributed by atoms with Gasteiger partial charge in [-0.2, -0.15) is 0 Å². The second-order valence-corrected chi connectivity index (χ2v) is 8.89. The molecular formula is C19H13Br2FN4O2S. The summed E-state index contributed by atoms with van der Waals surface area (Å²) in [5.41, 5.74) is 0.877. The zero-order valence-electron chi connectivity index (χ0n) is 14.9. The first-order valence-electron chi connectivity index (χ1n) is 8.37. The first-order chi connectivity index (χ1) is 13.9. The van der Waals surface area contributed by atoms with Crippen LogP contribution in [0.1, 0.15) is 0 Å². The van der Waals surface area contributed by atoms with Gasteiger partial charge in [-0.05, 0) is 42.5 Å². The molecule has 0 atom stereocenters. The van der Waals surface area contributed by atoms with Gasteiger partial charge in [-0.25, -0.2) is 4.39 Å². The van der Waals surface area contributed by atoms with Gasteiger partial charge >= 0.3 is 0 Å². The van der Waals surface area contributed by atoms with Crippen molar-refractivity contribution in [2.75, 3.05) is 11.1 Å². The number of hydrogen-bond donors (Lipinski definition) is 1. The standard InChI is InChI=1S/C19H13Br2FN4O2S/c1-26-18(16-7-10-6-11(20)3-5-15(10)28-16)24-25-19(26)29-9-17(27)23-14-4-2-12(21)8-13(14)22/h2-8H,9H2,1H3,(H,23,27). The van der Waals surface area contributed by atoms with E-state index in [4.69, 9.17) is 4.42 Å². The highest BCUT2D eigenvalue weighted by atomic mass is 79.9. The highest BCUT2D eigenvalue weighted by molar-refractivity contribution is 9.10. The third kappa shape index (κ3) is 4.39. The highest BCUT2D eigenvalue weighted by Crippen LogP contribution is 2.30. The topological polar surface area (TPSA) is 73.0 Å². The number of nitrogens with zero attached hydrogens (tertiary/aromatic N) is 3. The number of carbonyl (C=O) groups is 1. The van der Waals surface area contributed by atoms with Gasteiger partial charge in [0.15, 0.2) is 16.7 Å². The first-order valence-corrected chi connectivity index (χ1v) is 10.9. The van der Waals surface area contributed by atoms with Crippen molar-refractivity contribution >= 4 is 66.2 Å². The predicted molar refractivity (Wildman–Crippen MR) is 117 cm³/mol. The molecule has 6 nitrogen and oxygen atoms in total. The van der Waals surface area contributed by atoms with Crippen molar-refractivity contribution in [2.45, 2.75) is 5.16 Å². The Morgan fingerprint density at radius 1 is 1.17 bits per heavy atom. The summed E-state index contributed by atoms with van der Waals surface area (Å²) < 4.78 is 23.0. The molecule has 0 spiro atoms. The average molecular weight is 540 g/mol. The largest absolute Gasteiger partial charge is 0.453 e. The van der Waals surface area contributed by atoms with Gasteiger partial charge in [0.1, 0.15) is 11.4 Å². The number of rotatable bonds is 5. The fourth-order valence-corrected chi connectivity index (χ4v) is 4.11. The Kier molecular flexibility index (Phi) is 5.75. The van der Waals surface area contributed by atoms with Crippen LogP contribution in [0.5, 0.6) is 0 Å². The molecular weight excluding hydrogens is 527 g/mol. The molecule has 1 amide bonds. The van der Waals surface area contributed by atoms with E-state index in [-0.39, 0.29) is 17.3 Å². The maximum absolute atomic E-state index is 13.9. The maximum Gasteiger partial charge on any atom is 0.234 e. The van der Waals surface area contributed by atoms with E-state index in [1.165, 1.54) is 23.9 Å². The molecule has 10 heteroatoms. The van der Waals surface area contributed by atoms with E-state index in [1.54, 1.807) is 17.7 Å². The van der Waals surface area contributed by atoms with Crippen LogP contribution in [0.15, 0.2) is 61.0 Å². The van der Waals surface area contributed by atoms with Gasteiger partial charge in [0, 0.05) is 21.4 Å². The molecule has 0 aliphatic carbocycles. The number of furan rings is 1. The number of fused-ring (bicyclic) bond motifs is 1. The predicted octanol–water partition coefficient (Wildman–Crippen LogP) is 5.62. The number of benzene rings is 2. The van der Waals surface area contributed by atoms with Gasteiger partial charge < -0.3 is 14.3 Å². The monoisotopic (exact) mass is 538 g/mol. The molecule has 2 heterocycles. The van der Waals surface area contributed by atoms with E-state index in [0.29, 0.717) is 21.2 Å². The molecule has 0 bridgehead atoms. The summed E-state index contributed by atoms with van der Waals surface area (Å²) in [6, 6.07) is 12.1. The van der Waals surface area contributed by atoms with Gasteiger partial charge in [0.25, 0.3) is 0 Å². The Bertz CT molecular complexity index is 1220. The fraction of sp³-hybridized carbons (Fsp3) is 0.105. The van der Waals surface area contributed by atoms with Crippen LogP contribution >= 0.6 is 43.6 Å². The van der Waals surface area contributed by atoms with Crippen LogP contribution in [0.4, 0.5) is 10.1 Å². The van der Waals surface area contributed by atoms with Gasteiger partial charge in [0.05, 0.1) is 11.4 Å². The third-order valence-electron chi connectivity index (χ3n) is 4.07.